The van der Waals surface area contributed by atoms with E-state index in [2.05, 4.69) is 0 Å². The molecule has 0 aromatic heterocycles. The van der Waals surface area contributed by atoms with Crippen LogP contribution in [0.3, 0.4) is 0 Å². The van der Waals surface area contributed by atoms with E-state index in [1.807, 2.05) is 0 Å². The minimum absolute atomic E-state index is 0.361. The highest BCUT2D eigenvalue weighted by molar-refractivity contribution is 5.44. The second-order valence-corrected chi connectivity index (χ2v) is 3.77. The Hall–Kier alpha value is -1.33. The Morgan fingerprint density at radius 3 is 2.35 bits per heavy atom. The standard InChI is InChI=1S/C12H19FN2O2/c1-16-11-6-8(10(15)4-3-5-14)9(13)7-12(11)17-2/h6-7,10H,3-5,14-15H2,1-2H3/t10-/m1/s1. The van der Waals surface area contributed by atoms with Gasteiger partial charge in [-0.3, -0.25) is 0 Å². The Morgan fingerprint density at radius 1 is 1.24 bits per heavy atom. The molecule has 0 heterocycles. The molecule has 5 heteroatoms. The fourth-order valence-electron chi connectivity index (χ4n) is 1.65. The topological polar surface area (TPSA) is 70.5 Å². The third-order valence-electron chi connectivity index (χ3n) is 2.62. The molecule has 1 aromatic carbocycles. The molecule has 0 amide bonds. The van der Waals surface area contributed by atoms with Gasteiger partial charge in [-0.15, -0.1) is 0 Å². The summed E-state index contributed by atoms with van der Waals surface area (Å²) in [5.74, 6) is 0.457. The maximum atomic E-state index is 13.8. The lowest BCUT2D eigenvalue weighted by atomic mass is 10.0. The molecule has 0 radical (unpaired) electrons. The Kier molecular flexibility index (Phi) is 5.18. The Balaban J connectivity index is 2.99. The first-order valence-corrected chi connectivity index (χ1v) is 5.51. The number of hydrogen-bond donors (Lipinski definition) is 2. The summed E-state index contributed by atoms with van der Waals surface area (Å²) < 4.78 is 23.9. The fraction of sp³-hybridized carbons (Fsp3) is 0.500. The van der Waals surface area contributed by atoms with Crippen LogP contribution in [0.1, 0.15) is 24.4 Å². The highest BCUT2D eigenvalue weighted by atomic mass is 19.1. The summed E-state index contributed by atoms with van der Waals surface area (Å²) in [5, 5.41) is 0. The second kappa shape index (κ2) is 6.42. The highest BCUT2D eigenvalue weighted by Gasteiger charge is 2.16. The molecule has 0 aliphatic heterocycles. The van der Waals surface area contributed by atoms with Crippen LogP contribution in [0.25, 0.3) is 0 Å². The molecule has 4 nitrogen and oxygen atoms in total. The number of halogens is 1. The second-order valence-electron chi connectivity index (χ2n) is 3.77. The van der Waals surface area contributed by atoms with E-state index in [0.717, 1.165) is 6.42 Å². The molecule has 1 aromatic rings. The molecular formula is C12H19FN2O2. The molecule has 0 aliphatic carbocycles. The fourth-order valence-corrected chi connectivity index (χ4v) is 1.65. The zero-order chi connectivity index (χ0) is 12.8. The predicted molar refractivity (Wildman–Crippen MR) is 64.7 cm³/mol. The SMILES string of the molecule is COc1cc(F)c([C@H](N)CCCN)cc1OC. The van der Waals surface area contributed by atoms with Crippen molar-refractivity contribution in [2.45, 2.75) is 18.9 Å². The van der Waals surface area contributed by atoms with Crippen molar-refractivity contribution in [2.75, 3.05) is 20.8 Å². The minimum Gasteiger partial charge on any atom is -0.493 e. The van der Waals surface area contributed by atoms with Gasteiger partial charge in [-0.25, -0.2) is 4.39 Å². The summed E-state index contributed by atoms with van der Waals surface area (Å²) in [7, 11) is 2.97. The molecule has 0 spiro atoms. The van der Waals surface area contributed by atoms with Gasteiger partial charge in [0.05, 0.1) is 14.2 Å². The molecule has 1 atom stereocenters. The number of methoxy groups -OCH3 is 2. The monoisotopic (exact) mass is 242 g/mol. The van der Waals surface area contributed by atoms with E-state index in [-0.39, 0.29) is 11.9 Å². The van der Waals surface area contributed by atoms with Crippen molar-refractivity contribution >= 4 is 0 Å². The highest BCUT2D eigenvalue weighted by Crippen LogP contribution is 2.32. The summed E-state index contributed by atoms with van der Waals surface area (Å²) in [6.45, 7) is 0.544. The van der Waals surface area contributed by atoms with Crippen molar-refractivity contribution in [3.05, 3.63) is 23.5 Å². The number of ether oxygens (including phenoxy) is 2. The van der Waals surface area contributed by atoms with Crippen molar-refractivity contribution in [3.8, 4) is 11.5 Å². The van der Waals surface area contributed by atoms with Gasteiger partial charge in [-0.1, -0.05) is 0 Å². The van der Waals surface area contributed by atoms with Crippen LogP contribution in [0.15, 0.2) is 12.1 Å². The summed E-state index contributed by atoms with van der Waals surface area (Å²) >= 11 is 0. The molecule has 0 saturated heterocycles. The van der Waals surface area contributed by atoms with E-state index < -0.39 is 0 Å². The average molecular weight is 242 g/mol. The maximum absolute atomic E-state index is 13.8. The van der Waals surface area contributed by atoms with E-state index >= 15 is 0 Å². The van der Waals surface area contributed by atoms with Crippen molar-refractivity contribution in [1.29, 1.82) is 0 Å². The van der Waals surface area contributed by atoms with Crippen LogP contribution in [0, 0.1) is 5.82 Å². The lowest BCUT2D eigenvalue weighted by molar-refractivity contribution is 0.350. The molecule has 0 fully saturated rings. The zero-order valence-corrected chi connectivity index (χ0v) is 10.2. The smallest absolute Gasteiger partial charge is 0.163 e. The molecular weight excluding hydrogens is 223 g/mol. The largest absolute Gasteiger partial charge is 0.493 e. The number of nitrogens with two attached hydrogens (primary N) is 2. The quantitative estimate of drug-likeness (QED) is 0.794. The van der Waals surface area contributed by atoms with Crippen LogP contribution in [0.2, 0.25) is 0 Å². The van der Waals surface area contributed by atoms with Gasteiger partial charge in [0.15, 0.2) is 11.5 Å². The lowest BCUT2D eigenvalue weighted by Crippen LogP contribution is -2.14. The molecule has 0 unspecified atom stereocenters. The van der Waals surface area contributed by atoms with Crippen molar-refractivity contribution in [3.63, 3.8) is 0 Å². The minimum atomic E-state index is -0.382. The van der Waals surface area contributed by atoms with Gasteiger partial charge in [-0.05, 0) is 25.5 Å². The van der Waals surface area contributed by atoms with Gasteiger partial charge in [0.1, 0.15) is 5.82 Å². The summed E-state index contributed by atoms with van der Waals surface area (Å²) in [6, 6.07) is 2.49. The van der Waals surface area contributed by atoms with Crippen LogP contribution in [0.4, 0.5) is 4.39 Å². The summed E-state index contributed by atoms with van der Waals surface area (Å²) in [6.07, 6.45) is 1.40. The van der Waals surface area contributed by atoms with Crippen LogP contribution >= 0.6 is 0 Å². The molecule has 4 N–H and O–H groups in total. The third-order valence-corrected chi connectivity index (χ3v) is 2.62. The Bertz CT molecular complexity index is 372. The van der Waals surface area contributed by atoms with E-state index in [1.54, 1.807) is 6.07 Å². The normalized spacial score (nSPS) is 12.3. The van der Waals surface area contributed by atoms with Gasteiger partial charge < -0.3 is 20.9 Å². The molecule has 0 aliphatic rings. The van der Waals surface area contributed by atoms with Gasteiger partial charge in [0.2, 0.25) is 0 Å². The van der Waals surface area contributed by atoms with Crippen molar-refractivity contribution < 1.29 is 13.9 Å². The van der Waals surface area contributed by atoms with Gasteiger partial charge in [0.25, 0.3) is 0 Å². The summed E-state index contributed by atoms with van der Waals surface area (Å²) in [4.78, 5) is 0. The van der Waals surface area contributed by atoms with Crippen molar-refractivity contribution in [2.24, 2.45) is 11.5 Å². The molecule has 1 rings (SSSR count). The number of hydrogen-bond acceptors (Lipinski definition) is 4. The van der Waals surface area contributed by atoms with E-state index in [9.17, 15) is 4.39 Å². The van der Waals surface area contributed by atoms with Crippen LogP contribution in [-0.2, 0) is 0 Å². The Morgan fingerprint density at radius 2 is 1.82 bits per heavy atom. The predicted octanol–water partition coefficient (Wildman–Crippen LogP) is 1.58. The zero-order valence-electron chi connectivity index (χ0n) is 10.2. The molecule has 96 valence electrons. The van der Waals surface area contributed by atoms with Gasteiger partial charge in [-0.2, -0.15) is 0 Å². The van der Waals surface area contributed by atoms with E-state index in [4.69, 9.17) is 20.9 Å². The lowest BCUT2D eigenvalue weighted by Gasteiger charge is -2.15. The average Bonchev–Trinajstić information content (AvgIpc) is 2.35. The number of rotatable bonds is 6. The van der Waals surface area contributed by atoms with E-state index in [1.165, 1.54) is 20.3 Å². The van der Waals surface area contributed by atoms with Gasteiger partial charge >= 0.3 is 0 Å². The molecule has 17 heavy (non-hydrogen) atoms. The van der Waals surface area contributed by atoms with Gasteiger partial charge in [0, 0.05) is 17.7 Å². The van der Waals surface area contributed by atoms with Crippen LogP contribution in [0.5, 0.6) is 11.5 Å². The first-order chi connectivity index (χ1) is 8.13. The summed E-state index contributed by atoms with van der Waals surface area (Å²) in [5.41, 5.74) is 11.7. The van der Waals surface area contributed by atoms with E-state index in [0.29, 0.717) is 30.0 Å². The van der Waals surface area contributed by atoms with Crippen LogP contribution in [-0.4, -0.2) is 20.8 Å². The third kappa shape index (κ3) is 3.31. The molecule has 0 saturated carbocycles. The van der Waals surface area contributed by atoms with Crippen LogP contribution < -0.4 is 20.9 Å². The first kappa shape index (κ1) is 13.7. The Labute approximate surface area is 101 Å². The molecule has 0 bridgehead atoms. The maximum Gasteiger partial charge on any atom is 0.163 e. The first-order valence-electron chi connectivity index (χ1n) is 5.51. The van der Waals surface area contributed by atoms with Crippen molar-refractivity contribution in [1.82, 2.24) is 0 Å². The number of benzene rings is 1.